The van der Waals surface area contributed by atoms with Crippen molar-refractivity contribution in [1.82, 2.24) is 14.8 Å². The Morgan fingerprint density at radius 1 is 0.968 bits per heavy atom. The summed E-state index contributed by atoms with van der Waals surface area (Å²) in [7, 11) is 0. The van der Waals surface area contributed by atoms with E-state index in [-0.39, 0.29) is 43.0 Å². The zero-order valence-electron chi connectivity index (χ0n) is 17.0. The maximum atomic E-state index is 12.9. The molecule has 5 rings (SSSR count). The molecule has 6 heteroatoms. The lowest BCUT2D eigenvalue weighted by molar-refractivity contribution is -0.159. The first-order valence-electron chi connectivity index (χ1n) is 10.4. The van der Waals surface area contributed by atoms with Gasteiger partial charge in [0, 0.05) is 30.4 Å². The molecular formula is C25H23N3O3. The Balaban J connectivity index is 1.39. The van der Waals surface area contributed by atoms with Crippen molar-refractivity contribution in [2.45, 2.75) is 18.0 Å². The third-order valence-electron chi connectivity index (χ3n) is 6.37. The zero-order chi connectivity index (χ0) is 21.4. The maximum absolute atomic E-state index is 12.9. The molecule has 3 aromatic rings. The summed E-state index contributed by atoms with van der Waals surface area (Å²) in [5.41, 5.74) is 3.87. The Labute approximate surface area is 180 Å². The first-order chi connectivity index (χ1) is 15.2. The highest BCUT2D eigenvalue weighted by atomic mass is 16.3. The first kappa shape index (κ1) is 19.5. The van der Waals surface area contributed by atoms with E-state index in [0.29, 0.717) is 12.1 Å². The Kier molecular flexibility index (Phi) is 5.00. The number of aromatic nitrogens is 1. The predicted molar refractivity (Wildman–Crippen MR) is 116 cm³/mol. The van der Waals surface area contributed by atoms with Gasteiger partial charge in [0.15, 0.2) is 0 Å². The van der Waals surface area contributed by atoms with Gasteiger partial charge in [-0.05, 0) is 28.8 Å². The minimum absolute atomic E-state index is 0.00758. The number of hydrogen-bond acceptors (Lipinski definition) is 4. The van der Waals surface area contributed by atoms with Crippen molar-refractivity contribution in [3.63, 3.8) is 0 Å². The zero-order valence-corrected chi connectivity index (χ0v) is 17.0. The van der Waals surface area contributed by atoms with Gasteiger partial charge in [0.1, 0.15) is 6.54 Å². The lowest BCUT2D eigenvalue weighted by Crippen LogP contribution is -2.73. The van der Waals surface area contributed by atoms with Crippen LogP contribution in [0.3, 0.4) is 0 Å². The molecule has 31 heavy (non-hydrogen) atoms. The van der Waals surface area contributed by atoms with E-state index in [0.717, 1.165) is 16.7 Å². The number of benzene rings is 2. The van der Waals surface area contributed by atoms with Crippen molar-refractivity contribution in [2.24, 2.45) is 0 Å². The Hall–Kier alpha value is -3.51. The maximum Gasteiger partial charge on any atom is 0.254 e. The molecule has 1 aromatic heterocycles. The number of nitrogens with zero attached hydrogens (tertiary/aromatic N) is 3. The fourth-order valence-electron chi connectivity index (χ4n) is 4.86. The summed E-state index contributed by atoms with van der Waals surface area (Å²) < 4.78 is 0. The molecule has 6 nitrogen and oxygen atoms in total. The Morgan fingerprint density at radius 3 is 2.32 bits per heavy atom. The number of hydrogen-bond donors (Lipinski definition) is 1. The van der Waals surface area contributed by atoms with Gasteiger partial charge in [-0.1, -0.05) is 54.6 Å². The Bertz CT molecular complexity index is 1090. The van der Waals surface area contributed by atoms with E-state index >= 15 is 0 Å². The van der Waals surface area contributed by atoms with Gasteiger partial charge in [0.25, 0.3) is 5.91 Å². The minimum atomic E-state index is -0.252. The molecular weight excluding hydrogens is 390 g/mol. The van der Waals surface area contributed by atoms with Crippen LogP contribution in [0.5, 0.6) is 0 Å². The SMILES string of the molecule is O=C(c1ccncc1)N1CC(=O)N2[C@@H](CO)[C@@H](c3ccc(-c4ccccc4)cc3)[C@@H]2C1. The molecule has 2 amide bonds. The number of piperazine rings is 1. The lowest BCUT2D eigenvalue weighted by atomic mass is 9.73. The van der Waals surface area contributed by atoms with Crippen molar-refractivity contribution in [3.8, 4) is 11.1 Å². The van der Waals surface area contributed by atoms with Crippen molar-refractivity contribution in [1.29, 1.82) is 0 Å². The number of carbonyl (C=O) groups excluding carboxylic acids is 2. The van der Waals surface area contributed by atoms with E-state index in [1.807, 2.05) is 18.2 Å². The minimum Gasteiger partial charge on any atom is -0.394 e. The number of aliphatic hydroxyl groups is 1. The monoisotopic (exact) mass is 413 g/mol. The molecule has 0 aliphatic carbocycles. The Morgan fingerprint density at radius 2 is 1.65 bits per heavy atom. The molecule has 0 saturated carbocycles. The highest BCUT2D eigenvalue weighted by Gasteiger charge is 2.54. The van der Waals surface area contributed by atoms with Gasteiger partial charge in [-0.3, -0.25) is 14.6 Å². The van der Waals surface area contributed by atoms with Crippen LogP contribution in [0.1, 0.15) is 21.8 Å². The van der Waals surface area contributed by atoms with E-state index in [1.54, 1.807) is 34.3 Å². The standard InChI is InChI=1S/C25H23N3O3/c29-16-22-24(19-8-6-18(7-9-19)17-4-2-1-3-5-17)21-14-27(15-23(30)28(21)22)25(31)20-10-12-26-13-11-20/h1-13,21-22,24,29H,14-16H2/t21-,22-,24-/m0/s1. The fraction of sp³-hybridized carbons (Fsp3) is 0.240. The van der Waals surface area contributed by atoms with Crippen LogP contribution in [0, 0.1) is 0 Å². The molecule has 2 aliphatic heterocycles. The number of pyridine rings is 1. The molecule has 3 heterocycles. The summed E-state index contributed by atoms with van der Waals surface area (Å²) in [6.45, 7) is 0.397. The number of aliphatic hydroxyl groups excluding tert-OH is 1. The fourth-order valence-corrected chi connectivity index (χ4v) is 4.86. The number of amides is 2. The average Bonchev–Trinajstić information content (AvgIpc) is 2.81. The summed E-state index contributed by atoms with van der Waals surface area (Å²) in [6.07, 6.45) is 3.15. The predicted octanol–water partition coefficient (Wildman–Crippen LogP) is 2.56. The molecule has 0 spiro atoms. The van der Waals surface area contributed by atoms with E-state index in [1.165, 1.54) is 0 Å². The third-order valence-corrected chi connectivity index (χ3v) is 6.37. The highest BCUT2D eigenvalue weighted by Crippen LogP contribution is 2.43. The molecule has 2 fully saturated rings. The van der Waals surface area contributed by atoms with Gasteiger partial charge in [0.2, 0.25) is 5.91 Å². The van der Waals surface area contributed by atoms with Crippen LogP contribution in [-0.2, 0) is 4.79 Å². The van der Waals surface area contributed by atoms with Crippen LogP contribution in [0.25, 0.3) is 11.1 Å². The number of fused-ring (bicyclic) bond motifs is 1. The molecule has 0 bridgehead atoms. The summed E-state index contributed by atoms with van der Waals surface area (Å²) in [4.78, 5) is 33.0. The largest absolute Gasteiger partial charge is 0.394 e. The van der Waals surface area contributed by atoms with E-state index in [4.69, 9.17) is 0 Å². The topological polar surface area (TPSA) is 73.7 Å². The quantitative estimate of drug-likeness (QED) is 0.714. The van der Waals surface area contributed by atoms with Crippen LogP contribution >= 0.6 is 0 Å². The number of rotatable bonds is 4. The molecule has 0 unspecified atom stereocenters. The smallest absolute Gasteiger partial charge is 0.254 e. The average molecular weight is 413 g/mol. The van der Waals surface area contributed by atoms with Crippen LogP contribution < -0.4 is 0 Å². The van der Waals surface area contributed by atoms with Gasteiger partial charge in [-0.25, -0.2) is 0 Å². The van der Waals surface area contributed by atoms with Crippen LogP contribution in [0.4, 0.5) is 0 Å². The molecule has 2 aliphatic rings. The van der Waals surface area contributed by atoms with Crippen molar-refractivity contribution < 1.29 is 14.7 Å². The van der Waals surface area contributed by atoms with Gasteiger partial charge in [-0.15, -0.1) is 0 Å². The van der Waals surface area contributed by atoms with E-state index in [2.05, 4.69) is 41.4 Å². The van der Waals surface area contributed by atoms with Crippen LogP contribution in [0.15, 0.2) is 79.1 Å². The van der Waals surface area contributed by atoms with Crippen molar-refractivity contribution in [3.05, 3.63) is 90.3 Å². The second-order valence-electron chi connectivity index (χ2n) is 8.05. The molecule has 3 atom stereocenters. The van der Waals surface area contributed by atoms with Crippen LogP contribution in [0.2, 0.25) is 0 Å². The summed E-state index contributed by atoms with van der Waals surface area (Å²) in [6, 6.07) is 21.4. The highest BCUT2D eigenvalue weighted by molar-refractivity contribution is 5.97. The first-order valence-corrected chi connectivity index (χ1v) is 10.4. The third kappa shape index (κ3) is 3.39. The summed E-state index contributed by atoms with van der Waals surface area (Å²) in [5, 5.41) is 9.98. The van der Waals surface area contributed by atoms with Gasteiger partial charge in [-0.2, -0.15) is 0 Å². The summed E-state index contributed by atoms with van der Waals surface area (Å²) in [5.74, 6) is -0.289. The van der Waals surface area contributed by atoms with E-state index in [9.17, 15) is 14.7 Å². The molecule has 2 saturated heterocycles. The molecule has 0 radical (unpaired) electrons. The van der Waals surface area contributed by atoms with Crippen molar-refractivity contribution in [2.75, 3.05) is 19.7 Å². The van der Waals surface area contributed by atoms with Gasteiger partial charge in [0.05, 0.1) is 18.7 Å². The normalized spacial score (nSPS) is 22.6. The molecule has 156 valence electrons. The molecule has 1 N–H and O–H groups in total. The van der Waals surface area contributed by atoms with Gasteiger partial charge >= 0.3 is 0 Å². The van der Waals surface area contributed by atoms with Gasteiger partial charge < -0.3 is 14.9 Å². The number of carbonyl (C=O) groups is 2. The molecule has 2 aromatic carbocycles. The van der Waals surface area contributed by atoms with Crippen LogP contribution in [-0.4, -0.2) is 63.5 Å². The van der Waals surface area contributed by atoms with E-state index < -0.39 is 0 Å². The second kappa shape index (κ2) is 7.96. The lowest BCUT2D eigenvalue weighted by Gasteiger charge is -2.58. The summed E-state index contributed by atoms with van der Waals surface area (Å²) >= 11 is 0. The second-order valence-corrected chi connectivity index (χ2v) is 8.05. The van der Waals surface area contributed by atoms with Crippen molar-refractivity contribution >= 4 is 11.8 Å².